The Balaban J connectivity index is 3.05. The van der Waals surface area contributed by atoms with Crippen LogP contribution in [-0.2, 0) is 19.6 Å². The van der Waals surface area contributed by atoms with Gasteiger partial charge in [-0.05, 0) is 12.0 Å². The maximum absolute atomic E-state index is 12.2. The molecule has 0 spiro atoms. The molecular formula is C12H18N2O6S. The lowest BCUT2D eigenvalue weighted by atomic mass is 10.0. The normalized spacial score (nSPS) is 14.4. The molecular weight excluding hydrogens is 300 g/mol. The number of sulfonamides is 1. The van der Waals surface area contributed by atoms with Crippen LogP contribution >= 0.6 is 0 Å². The zero-order chi connectivity index (χ0) is 16.2. The van der Waals surface area contributed by atoms with Crippen molar-refractivity contribution in [2.45, 2.75) is 31.2 Å². The summed E-state index contributed by atoms with van der Waals surface area (Å²) in [4.78, 5) is 24.5. The molecule has 9 heteroatoms. The summed E-state index contributed by atoms with van der Waals surface area (Å²) in [6, 6.07) is -0.0523. The third kappa shape index (κ3) is 4.05. The lowest BCUT2D eigenvalue weighted by Crippen LogP contribution is -2.45. The minimum Gasteiger partial charge on any atom is -0.477 e. The van der Waals surface area contributed by atoms with Gasteiger partial charge in [0.25, 0.3) is 0 Å². The number of nitrogens with one attached hydrogen (secondary N) is 2. The van der Waals surface area contributed by atoms with Gasteiger partial charge >= 0.3 is 11.9 Å². The summed E-state index contributed by atoms with van der Waals surface area (Å²) in [5, 5.41) is 8.78. The lowest BCUT2D eigenvalue weighted by molar-refractivity contribution is -0.143. The molecule has 1 aromatic heterocycles. The molecule has 8 nitrogen and oxygen atoms in total. The van der Waals surface area contributed by atoms with Crippen molar-refractivity contribution >= 4 is 22.0 Å². The van der Waals surface area contributed by atoms with Gasteiger partial charge in [0.05, 0.1) is 7.11 Å². The van der Waals surface area contributed by atoms with Gasteiger partial charge in [-0.15, -0.1) is 0 Å². The first-order valence-corrected chi connectivity index (χ1v) is 7.73. The Bertz CT molecular complexity index is 621. The number of H-pyrrole nitrogens is 1. The Morgan fingerprint density at radius 2 is 2.10 bits per heavy atom. The maximum Gasteiger partial charge on any atom is 0.352 e. The molecule has 0 bridgehead atoms. The molecule has 0 aromatic carbocycles. The van der Waals surface area contributed by atoms with Gasteiger partial charge in [-0.1, -0.05) is 20.3 Å². The van der Waals surface area contributed by atoms with E-state index >= 15 is 0 Å². The van der Waals surface area contributed by atoms with Crippen molar-refractivity contribution in [3.63, 3.8) is 0 Å². The Kier molecular flexibility index (Phi) is 5.50. The van der Waals surface area contributed by atoms with E-state index < -0.39 is 28.0 Å². The van der Waals surface area contributed by atoms with Crippen molar-refractivity contribution < 1.29 is 27.9 Å². The molecule has 1 aromatic rings. The minimum absolute atomic E-state index is 0.253. The smallest absolute Gasteiger partial charge is 0.352 e. The number of aromatic nitrogens is 1. The third-order valence-corrected chi connectivity index (χ3v) is 4.57. The molecule has 118 valence electrons. The van der Waals surface area contributed by atoms with E-state index in [1.807, 2.05) is 6.92 Å². The Hall–Kier alpha value is -1.87. The molecule has 0 aliphatic carbocycles. The fourth-order valence-electron chi connectivity index (χ4n) is 1.65. The number of aromatic carboxylic acids is 1. The van der Waals surface area contributed by atoms with Crippen LogP contribution in [0.15, 0.2) is 17.2 Å². The van der Waals surface area contributed by atoms with Crippen molar-refractivity contribution in [2.75, 3.05) is 7.11 Å². The highest BCUT2D eigenvalue weighted by atomic mass is 32.2. The van der Waals surface area contributed by atoms with Crippen molar-refractivity contribution in [1.82, 2.24) is 9.71 Å². The van der Waals surface area contributed by atoms with E-state index in [2.05, 4.69) is 14.4 Å². The topological polar surface area (TPSA) is 126 Å². The van der Waals surface area contributed by atoms with E-state index in [4.69, 9.17) is 5.11 Å². The number of carboxylic acid groups (broad SMARTS) is 1. The first-order chi connectivity index (χ1) is 9.72. The van der Waals surface area contributed by atoms with E-state index in [1.54, 1.807) is 6.92 Å². The van der Waals surface area contributed by atoms with Gasteiger partial charge < -0.3 is 14.8 Å². The number of carbonyl (C=O) groups is 2. The number of carbonyl (C=O) groups excluding carboxylic acids is 1. The van der Waals surface area contributed by atoms with Crippen LogP contribution < -0.4 is 4.72 Å². The second kappa shape index (κ2) is 6.72. The van der Waals surface area contributed by atoms with Gasteiger partial charge in [0.1, 0.15) is 16.6 Å². The van der Waals surface area contributed by atoms with Crippen LogP contribution in [0.5, 0.6) is 0 Å². The van der Waals surface area contributed by atoms with Crippen molar-refractivity contribution in [2.24, 2.45) is 5.92 Å². The lowest BCUT2D eigenvalue weighted by Gasteiger charge is -2.21. The summed E-state index contributed by atoms with van der Waals surface area (Å²) in [5.41, 5.74) is -0.256. The maximum atomic E-state index is 12.2. The molecule has 0 amide bonds. The van der Waals surface area contributed by atoms with Gasteiger partial charge in [-0.3, -0.25) is 4.79 Å². The molecule has 0 radical (unpaired) electrons. The Labute approximate surface area is 122 Å². The number of methoxy groups -OCH3 is 1. The van der Waals surface area contributed by atoms with E-state index in [1.165, 1.54) is 7.11 Å². The summed E-state index contributed by atoms with van der Waals surface area (Å²) in [5.74, 6) is -2.24. The number of hydrogen-bond acceptors (Lipinski definition) is 5. The summed E-state index contributed by atoms with van der Waals surface area (Å²) in [6.07, 6.45) is 1.62. The zero-order valence-corrected chi connectivity index (χ0v) is 12.7. The number of esters is 1. The van der Waals surface area contributed by atoms with Crippen LogP contribution in [0.3, 0.4) is 0 Å². The number of aromatic amines is 1. The van der Waals surface area contributed by atoms with Crippen molar-refractivity contribution in [3.05, 3.63) is 18.0 Å². The second-order valence-electron chi connectivity index (χ2n) is 4.56. The highest BCUT2D eigenvalue weighted by Crippen LogP contribution is 2.15. The van der Waals surface area contributed by atoms with E-state index in [-0.39, 0.29) is 16.5 Å². The van der Waals surface area contributed by atoms with Crippen molar-refractivity contribution in [3.8, 4) is 0 Å². The number of hydrogen-bond donors (Lipinski definition) is 3. The zero-order valence-electron chi connectivity index (χ0n) is 11.9. The standard InChI is InChI=1S/C12H18N2O6S/c1-4-7(2)10(12(17)20-3)14-21(18,19)8-5-9(11(15)16)13-6-8/h5-7,10,13-14H,4H2,1-3H3,(H,15,16). The fraction of sp³-hybridized carbons (Fsp3) is 0.500. The van der Waals surface area contributed by atoms with Crippen molar-refractivity contribution in [1.29, 1.82) is 0 Å². The van der Waals surface area contributed by atoms with Gasteiger partial charge in [-0.2, -0.15) is 4.72 Å². The Morgan fingerprint density at radius 3 is 2.52 bits per heavy atom. The minimum atomic E-state index is -4.03. The van der Waals surface area contributed by atoms with Gasteiger partial charge in [0, 0.05) is 6.20 Å². The average Bonchev–Trinajstić information content (AvgIpc) is 2.94. The molecule has 3 N–H and O–H groups in total. The highest BCUT2D eigenvalue weighted by molar-refractivity contribution is 7.89. The average molecular weight is 318 g/mol. The first-order valence-electron chi connectivity index (χ1n) is 6.24. The molecule has 0 saturated heterocycles. The van der Waals surface area contributed by atoms with E-state index in [0.29, 0.717) is 6.42 Å². The first kappa shape index (κ1) is 17.2. The summed E-state index contributed by atoms with van der Waals surface area (Å²) in [7, 11) is -2.86. The van der Waals surface area contributed by atoms with Gasteiger partial charge in [0.2, 0.25) is 10.0 Å². The SMILES string of the molecule is CCC(C)C(NS(=O)(=O)c1c[nH]c(C(=O)O)c1)C(=O)OC. The molecule has 2 atom stereocenters. The van der Waals surface area contributed by atoms with Crippen LogP contribution in [0.25, 0.3) is 0 Å². The summed E-state index contributed by atoms with van der Waals surface area (Å²) >= 11 is 0. The molecule has 0 aliphatic heterocycles. The molecule has 0 aliphatic rings. The van der Waals surface area contributed by atoms with E-state index in [9.17, 15) is 18.0 Å². The fourth-order valence-corrected chi connectivity index (χ4v) is 2.93. The highest BCUT2D eigenvalue weighted by Gasteiger charge is 2.31. The predicted octanol–water partition coefficient (Wildman–Crippen LogP) is 0.579. The number of carboxylic acids is 1. The van der Waals surface area contributed by atoms with Crippen LogP contribution in [0.2, 0.25) is 0 Å². The van der Waals surface area contributed by atoms with Crippen LogP contribution in [0.4, 0.5) is 0 Å². The third-order valence-electron chi connectivity index (χ3n) is 3.15. The van der Waals surface area contributed by atoms with Gasteiger partial charge in [0.15, 0.2) is 0 Å². The number of ether oxygens (including phenoxy) is 1. The van der Waals surface area contributed by atoms with Crippen LogP contribution in [0, 0.1) is 5.92 Å². The summed E-state index contributed by atoms with van der Waals surface area (Å²) in [6.45, 7) is 3.53. The van der Waals surface area contributed by atoms with Crippen LogP contribution in [0.1, 0.15) is 30.8 Å². The quantitative estimate of drug-likeness (QED) is 0.631. The Morgan fingerprint density at radius 1 is 1.48 bits per heavy atom. The molecule has 21 heavy (non-hydrogen) atoms. The van der Waals surface area contributed by atoms with E-state index in [0.717, 1.165) is 12.3 Å². The largest absolute Gasteiger partial charge is 0.477 e. The van der Waals surface area contributed by atoms with Crippen LogP contribution in [-0.4, -0.2) is 43.6 Å². The molecule has 2 unspecified atom stereocenters. The molecule has 1 rings (SSSR count). The monoisotopic (exact) mass is 318 g/mol. The molecule has 1 heterocycles. The number of rotatable bonds is 7. The second-order valence-corrected chi connectivity index (χ2v) is 6.28. The predicted molar refractivity (Wildman–Crippen MR) is 73.3 cm³/mol. The van der Waals surface area contributed by atoms with Gasteiger partial charge in [-0.25, -0.2) is 13.2 Å². The summed E-state index contributed by atoms with van der Waals surface area (Å²) < 4.78 is 31.2. The molecule has 0 fully saturated rings. The molecule has 0 saturated carbocycles.